The molecule has 0 saturated carbocycles. The third-order valence-corrected chi connectivity index (χ3v) is 4.34. The van der Waals surface area contributed by atoms with Gasteiger partial charge < -0.3 is 15.4 Å². The van der Waals surface area contributed by atoms with Crippen molar-refractivity contribution in [3.8, 4) is 5.75 Å². The van der Waals surface area contributed by atoms with E-state index < -0.39 is 11.9 Å². The van der Waals surface area contributed by atoms with Gasteiger partial charge in [-0.2, -0.15) is 0 Å². The van der Waals surface area contributed by atoms with Crippen LogP contribution in [0, 0.1) is 0 Å². The number of nitrogens with zero attached hydrogens (tertiary/aromatic N) is 1. The summed E-state index contributed by atoms with van der Waals surface area (Å²) in [6.07, 6.45) is 0. The molecular formula is C18H15Cl2N3O4. The van der Waals surface area contributed by atoms with Gasteiger partial charge in [-0.1, -0.05) is 41.4 Å². The monoisotopic (exact) mass is 407 g/mol. The van der Waals surface area contributed by atoms with Crippen LogP contribution in [0.25, 0.3) is 0 Å². The first-order chi connectivity index (χ1) is 12.9. The Morgan fingerprint density at radius 3 is 2.67 bits per heavy atom. The van der Waals surface area contributed by atoms with Crippen LogP contribution in [0.3, 0.4) is 0 Å². The average Bonchev–Trinajstić information content (AvgIpc) is 2.94. The van der Waals surface area contributed by atoms with Crippen molar-refractivity contribution in [1.82, 2.24) is 10.2 Å². The quantitative estimate of drug-likeness (QED) is 0.720. The number of benzene rings is 2. The average molecular weight is 408 g/mol. The van der Waals surface area contributed by atoms with Crippen molar-refractivity contribution < 1.29 is 19.1 Å². The van der Waals surface area contributed by atoms with Gasteiger partial charge in [-0.25, -0.2) is 4.79 Å². The van der Waals surface area contributed by atoms with Gasteiger partial charge >= 0.3 is 6.03 Å². The molecule has 2 aromatic rings. The SMILES string of the molecule is O=C(COc1ccc(Cl)cc1Cl)Nc1ccccc1CN1C(=O)CNC1=O. The van der Waals surface area contributed by atoms with E-state index >= 15 is 0 Å². The van der Waals surface area contributed by atoms with Crippen LogP contribution in [0.5, 0.6) is 5.75 Å². The predicted octanol–water partition coefficient (Wildman–Crippen LogP) is 3.06. The van der Waals surface area contributed by atoms with Crippen LogP contribution in [0.15, 0.2) is 42.5 Å². The number of rotatable bonds is 6. The molecular weight excluding hydrogens is 393 g/mol. The molecule has 0 aliphatic carbocycles. The molecule has 1 aliphatic heterocycles. The maximum Gasteiger partial charge on any atom is 0.324 e. The van der Waals surface area contributed by atoms with Crippen LogP contribution >= 0.6 is 23.2 Å². The van der Waals surface area contributed by atoms with Gasteiger partial charge in [-0.05, 0) is 29.8 Å². The Bertz CT molecular complexity index is 888. The zero-order valence-electron chi connectivity index (χ0n) is 14.0. The van der Waals surface area contributed by atoms with Gasteiger partial charge in [0, 0.05) is 10.7 Å². The van der Waals surface area contributed by atoms with Crippen molar-refractivity contribution in [3.05, 3.63) is 58.1 Å². The third kappa shape index (κ3) is 4.69. The van der Waals surface area contributed by atoms with E-state index in [0.717, 1.165) is 4.90 Å². The molecule has 27 heavy (non-hydrogen) atoms. The van der Waals surface area contributed by atoms with Crippen molar-refractivity contribution >= 4 is 46.7 Å². The minimum absolute atomic E-state index is 0.0248. The molecule has 1 aliphatic rings. The lowest BCUT2D eigenvalue weighted by Crippen LogP contribution is -2.31. The fourth-order valence-corrected chi connectivity index (χ4v) is 2.95. The number of urea groups is 1. The van der Waals surface area contributed by atoms with Crippen LogP contribution < -0.4 is 15.4 Å². The molecule has 4 amide bonds. The molecule has 7 nitrogen and oxygen atoms in total. The Labute approximate surface area is 165 Å². The highest BCUT2D eigenvalue weighted by Gasteiger charge is 2.29. The lowest BCUT2D eigenvalue weighted by atomic mass is 10.1. The van der Waals surface area contributed by atoms with Gasteiger partial charge in [0.05, 0.1) is 18.1 Å². The molecule has 1 heterocycles. The van der Waals surface area contributed by atoms with Crippen molar-refractivity contribution in [1.29, 1.82) is 0 Å². The lowest BCUT2D eigenvalue weighted by molar-refractivity contribution is -0.125. The molecule has 1 saturated heterocycles. The van der Waals surface area contributed by atoms with Gasteiger partial charge in [-0.15, -0.1) is 0 Å². The molecule has 0 spiro atoms. The molecule has 0 atom stereocenters. The van der Waals surface area contributed by atoms with Crippen molar-refractivity contribution in [2.24, 2.45) is 0 Å². The fourth-order valence-electron chi connectivity index (χ4n) is 2.49. The van der Waals surface area contributed by atoms with Crippen molar-refractivity contribution in [3.63, 3.8) is 0 Å². The van der Waals surface area contributed by atoms with Crippen molar-refractivity contribution in [2.45, 2.75) is 6.54 Å². The zero-order valence-corrected chi connectivity index (χ0v) is 15.5. The van der Waals surface area contributed by atoms with E-state index in [1.165, 1.54) is 6.07 Å². The van der Waals surface area contributed by atoms with Crippen molar-refractivity contribution in [2.75, 3.05) is 18.5 Å². The van der Waals surface area contributed by atoms with E-state index in [2.05, 4.69) is 10.6 Å². The minimum Gasteiger partial charge on any atom is -0.482 e. The second-order valence-corrected chi connectivity index (χ2v) is 6.55. The van der Waals surface area contributed by atoms with E-state index in [1.807, 2.05) is 0 Å². The summed E-state index contributed by atoms with van der Waals surface area (Å²) < 4.78 is 5.40. The number of carbonyl (C=O) groups is 3. The second kappa shape index (κ2) is 8.28. The molecule has 9 heteroatoms. The Balaban J connectivity index is 1.64. The molecule has 0 bridgehead atoms. The van der Waals surface area contributed by atoms with E-state index in [0.29, 0.717) is 27.0 Å². The number of hydrogen-bond acceptors (Lipinski definition) is 4. The Morgan fingerprint density at radius 1 is 1.19 bits per heavy atom. The summed E-state index contributed by atoms with van der Waals surface area (Å²) in [4.78, 5) is 36.8. The highest BCUT2D eigenvalue weighted by Crippen LogP contribution is 2.27. The highest BCUT2D eigenvalue weighted by atomic mass is 35.5. The Morgan fingerprint density at radius 2 is 1.96 bits per heavy atom. The number of hydrogen-bond donors (Lipinski definition) is 2. The Hall–Kier alpha value is -2.77. The molecule has 2 N–H and O–H groups in total. The van der Waals surface area contributed by atoms with E-state index in [4.69, 9.17) is 27.9 Å². The highest BCUT2D eigenvalue weighted by molar-refractivity contribution is 6.35. The molecule has 1 fully saturated rings. The maximum absolute atomic E-state index is 12.2. The Kier molecular flexibility index (Phi) is 5.83. The van der Waals surface area contributed by atoms with Crippen LogP contribution in [0.1, 0.15) is 5.56 Å². The molecule has 0 radical (unpaired) electrons. The minimum atomic E-state index is -0.457. The van der Waals surface area contributed by atoms with E-state index in [1.54, 1.807) is 36.4 Å². The summed E-state index contributed by atoms with van der Waals surface area (Å²) in [5, 5.41) is 5.93. The van der Waals surface area contributed by atoms with Crippen LogP contribution in [0.4, 0.5) is 10.5 Å². The summed E-state index contributed by atoms with van der Waals surface area (Å²) >= 11 is 11.8. The third-order valence-electron chi connectivity index (χ3n) is 3.81. The summed E-state index contributed by atoms with van der Waals surface area (Å²) in [5.41, 5.74) is 1.11. The first-order valence-electron chi connectivity index (χ1n) is 7.98. The first kappa shape index (κ1) is 19.0. The molecule has 0 aromatic heterocycles. The molecule has 140 valence electrons. The predicted molar refractivity (Wildman–Crippen MR) is 101 cm³/mol. The summed E-state index contributed by atoms with van der Waals surface area (Å²) in [6.45, 7) is -0.229. The number of nitrogens with one attached hydrogen (secondary N) is 2. The van der Waals surface area contributed by atoms with Crippen LogP contribution in [0.2, 0.25) is 10.0 Å². The second-order valence-electron chi connectivity index (χ2n) is 5.71. The van der Waals surface area contributed by atoms with Gasteiger partial charge in [-0.3, -0.25) is 14.5 Å². The lowest BCUT2D eigenvalue weighted by Gasteiger charge is -2.16. The number of carbonyl (C=O) groups excluding carboxylic acids is 3. The number of anilines is 1. The van der Waals surface area contributed by atoms with Crippen LogP contribution in [-0.2, 0) is 16.1 Å². The van der Waals surface area contributed by atoms with Crippen LogP contribution in [-0.4, -0.2) is 35.9 Å². The standard InChI is InChI=1S/C18H15Cl2N3O4/c19-12-5-6-15(13(20)7-12)27-10-16(24)22-14-4-2-1-3-11(14)9-23-17(25)8-21-18(23)26/h1-7H,8-10H2,(H,21,26)(H,22,24). The number of halogens is 2. The molecule has 2 aromatic carbocycles. The normalized spacial score (nSPS) is 13.5. The van der Waals surface area contributed by atoms with E-state index in [9.17, 15) is 14.4 Å². The molecule has 3 rings (SSSR count). The first-order valence-corrected chi connectivity index (χ1v) is 8.73. The topological polar surface area (TPSA) is 87.7 Å². The largest absolute Gasteiger partial charge is 0.482 e. The van der Waals surface area contributed by atoms with Gasteiger partial charge in [0.15, 0.2) is 6.61 Å². The number of ether oxygens (including phenoxy) is 1. The maximum atomic E-state index is 12.2. The van der Waals surface area contributed by atoms with Gasteiger partial charge in [0.1, 0.15) is 5.75 Å². The number of amides is 4. The summed E-state index contributed by atoms with van der Waals surface area (Å²) in [6, 6.07) is 11.1. The van der Waals surface area contributed by atoms with Gasteiger partial charge in [0.25, 0.3) is 5.91 Å². The fraction of sp³-hybridized carbons (Fsp3) is 0.167. The van der Waals surface area contributed by atoms with Gasteiger partial charge in [0.2, 0.25) is 5.91 Å². The molecule has 0 unspecified atom stereocenters. The number of para-hydroxylation sites is 1. The summed E-state index contributed by atoms with van der Waals surface area (Å²) in [7, 11) is 0. The summed E-state index contributed by atoms with van der Waals surface area (Å²) in [5.74, 6) is -0.392. The smallest absolute Gasteiger partial charge is 0.324 e. The zero-order chi connectivity index (χ0) is 19.4. The van der Waals surface area contributed by atoms with E-state index in [-0.39, 0.29) is 25.6 Å². The number of imide groups is 1.